The van der Waals surface area contributed by atoms with Gasteiger partial charge in [0.1, 0.15) is 16.8 Å². The quantitative estimate of drug-likeness (QED) is 0.101. The van der Waals surface area contributed by atoms with Crippen LogP contribution in [0.25, 0.3) is 17.2 Å². The molecule has 4 aromatic carbocycles. The van der Waals surface area contributed by atoms with Crippen LogP contribution in [0.1, 0.15) is 34.0 Å². The van der Waals surface area contributed by atoms with Crippen molar-refractivity contribution in [2.45, 2.75) is 24.0 Å². The van der Waals surface area contributed by atoms with Crippen LogP contribution in [0.2, 0.25) is 5.02 Å². The molecule has 0 saturated heterocycles. The summed E-state index contributed by atoms with van der Waals surface area (Å²) in [4.78, 5) is 40.3. The highest BCUT2D eigenvalue weighted by atomic mass is 35.5. The Hall–Kier alpha value is -5.14. The molecule has 0 spiro atoms. The minimum atomic E-state index is -0.534. The highest BCUT2D eigenvalue weighted by Gasteiger charge is 2.20. The molecular formula is C37H29ClN4O3S2. The van der Waals surface area contributed by atoms with Gasteiger partial charge >= 0.3 is 0 Å². The molecule has 3 amide bonds. The molecule has 0 bridgehead atoms. The summed E-state index contributed by atoms with van der Waals surface area (Å²) in [6, 6.07) is 32.7. The summed E-state index contributed by atoms with van der Waals surface area (Å²) in [5.74, 6) is -1.23. The van der Waals surface area contributed by atoms with Crippen molar-refractivity contribution in [3.63, 3.8) is 0 Å². The SMILES string of the molecule is Cc1ccc(-c2csc(NC(=O)C(C)Sc3cccc(NC(=O)/C(=C/c4cccc(Cl)c4)NC(=O)c4ccccc4)c3)c2C#N)cc1. The van der Waals surface area contributed by atoms with Gasteiger partial charge in [0.2, 0.25) is 5.91 Å². The first-order chi connectivity index (χ1) is 22.7. The van der Waals surface area contributed by atoms with Crippen LogP contribution in [-0.4, -0.2) is 23.0 Å². The van der Waals surface area contributed by atoms with Crippen LogP contribution in [-0.2, 0) is 9.59 Å². The summed E-state index contributed by atoms with van der Waals surface area (Å²) in [5.41, 5.74) is 4.78. The van der Waals surface area contributed by atoms with Gasteiger partial charge in [0.15, 0.2) is 0 Å². The fourth-order valence-electron chi connectivity index (χ4n) is 4.53. The van der Waals surface area contributed by atoms with Crippen molar-refractivity contribution in [3.05, 3.63) is 141 Å². The van der Waals surface area contributed by atoms with Crippen LogP contribution in [0.5, 0.6) is 0 Å². The lowest BCUT2D eigenvalue weighted by Gasteiger charge is -2.14. The molecule has 5 rings (SSSR count). The number of thiophene rings is 1. The van der Waals surface area contributed by atoms with Crippen LogP contribution >= 0.6 is 34.7 Å². The van der Waals surface area contributed by atoms with Crippen molar-refractivity contribution in [3.8, 4) is 17.2 Å². The Morgan fingerprint density at radius 3 is 2.38 bits per heavy atom. The molecule has 5 aromatic rings. The molecule has 0 fully saturated rings. The number of thioether (sulfide) groups is 1. The molecule has 3 N–H and O–H groups in total. The third kappa shape index (κ3) is 8.77. The predicted octanol–water partition coefficient (Wildman–Crippen LogP) is 8.78. The first-order valence-corrected chi connectivity index (χ1v) is 16.6. The third-order valence-corrected chi connectivity index (χ3v) is 9.19. The van der Waals surface area contributed by atoms with E-state index >= 15 is 0 Å². The van der Waals surface area contributed by atoms with E-state index in [0.717, 1.165) is 21.6 Å². The zero-order valence-corrected chi connectivity index (χ0v) is 27.8. The van der Waals surface area contributed by atoms with Crippen molar-refractivity contribution in [2.75, 3.05) is 10.6 Å². The van der Waals surface area contributed by atoms with Gasteiger partial charge in [-0.1, -0.05) is 77.8 Å². The Labute approximate surface area is 286 Å². The monoisotopic (exact) mass is 676 g/mol. The average Bonchev–Trinajstić information content (AvgIpc) is 3.47. The van der Waals surface area contributed by atoms with Crippen molar-refractivity contribution in [1.82, 2.24) is 5.32 Å². The lowest BCUT2D eigenvalue weighted by Crippen LogP contribution is -2.30. The molecule has 0 aliphatic heterocycles. The van der Waals surface area contributed by atoms with Gasteiger partial charge in [-0.25, -0.2) is 0 Å². The lowest BCUT2D eigenvalue weighted by molar-refractivity contribution is -0.115. The van der Waals surface area contributed by atoms with Crippen LogP contribution < -0.4 is 16.0 Å². The zero-order chi connectivity index (χ0) is 33.3. The highest BCUT2D eigenvalue weighted by Crippen LogP contribution is 2.36. The van der Waals surface area contributed by atoms with Gasteiger partial charge in [0.05, 0.1) is 10.8 Å². The third-order valence-electron chi connectivity index (χ3n) is 6.96. The second kappa shape index (κ2) is 15.4. The fourth-order valence-corrected chi connectivity index (χ4v) is 6.58. The predicted molar refractivity (Wildman–Crippen MR) is 192 cm³/mol. The number of hydrogen-bond acceptors (Lipinski definition) is 6. The second-order valence-electron chi connectivity index (χ2n) is 10.5. The number of amides is 3. The molecule has 1 heterocycles. The highest BCUT2D eigenvalue weighted by molar-refractivity contribution is 8.00. The van der Waals surface area contributed by atoms with E-state index in [4.69, 9.17) is 11.6 Å². The van der Waals surface area contributed by atoms with E-state index in [1.54, 1.807) is 85.8 Å². The number of rotatable bonds is 10. The lowest BCUT2D eigenvalue weighted by atomic mass is 10.0. The Morgan fingerprint density at radius 2 is 1.66 bits per heavy atom. The molecule has 0 radical (unpaired) electrons. The topological polar surface area (TPSA) is 111 Å². The number of hydrogen-bond donors (Lipinski definition) is 3. The summed E-state index contributed by atoms with van der Waals surface area (Å²) >= 11 is 8.77. The maximum Gasteiger partial charge on any atom is 0.272 e. The van der Waals surface area contributed by atoms with Crippen LogP contribution in [0, 0.1) is 18.3 Å². The Kier molecular flexibility index (Phi) is 10.9. The molecule has 0 aliphatic rings. The second-order valence-corrected chi connectivity index (χ2v) is 13.2. The Morgan fingerprint density at radius 1 is 0.915 bits per heavy atom. The van der Waals surface area contributed by atoms with Gasteiger partial charge in [0.25, 0.3) is 11.8 Å². The molecule has 234 valence electrons. The standard InChI is InChI=1S/C37H29ClN4O3S2/c1-23-14-16-26(17-15-23)32-22-46-37(31(32)21-39)42-34(43)24(2)47-30-13-7-12-29(20-30)40-36(45)33(19-25-8-6-11-28(38)18-25)41-35(44)27-9-4-3-5-10-27/h3-20,22,24H,1-2H3,(H,40,45)(H,41,44)(H,42,43)/b33-19-. The number of nitrogens with zero attached hydrogens (tertiary/aromatic N) is 1. The van der Waals surface area contributed by atoms with Gasteiger partial charge in [-0.3, -0.25) is 14.4 Å². The minimum absolute atomic E-state index is 0.0289. The molecule has 1 unspecified atom stereocenters. The number of halogens is 1. The van der Waals surface area contributed by atoms with Crippen LogP contribution in [0.15, 0.2) is 119 Å². The molecule has 1 atom stereocenters. The summed E-state index contributed by atoms with van der Waals surface area (Å²) in [5, 5.41) is 20.7. The minimum Gasteiger partial charge on any atom is -0.321 e. The Balaban J connectivity index is 1.28. The number of nitriles is 1. The van der Waals surface area contributed by atoms with Crippen molar-refractivity contribution in [2.24, 2.45) is 0 Å². The first-order valence-electron chi connectivity index (χ1n) is 14.5. The molecule has 47 heavy (non-hydrogen) atoms. The molecule has 10 heteroatoms. The molecular weight excluding hydrogens is 648 g/mol. The largest absolute Gasteiger partial charge is 0.321 e. The average molecular weight is 677 g/mol. The van der Waals surface area contributed by atoms with Gasteiger partial charge in [-0.05, 0) is 73.5 Å². The van der Waals surface area contributed by atoms with E-state index in [-0.39, 0.29) is 11.6 Å². The van der Waals surface area contributed by atoms with Gasteiger partial charge in [-0.2, -0.15) is 5.26 Å². The zero-order valence-electron chi connectivity index (χ0n) is 25.4. The summed E-state index contributed by atoms with van der Waals surface area (Å²) < 4.78 is 0. The molecule has 1 aromatic heterocycles. The molecule has 0 aliphatic carbocycles. The maximum absolute atomic E-state index is 13.5. The van der Waals surface area contributed by atoms with E-state index in [0.29, 0.717) is 32.4 Å². The van der Waals surface area contributed by atoms with E-state index in [9.17, 15) is 19.6 Å². The van der Waals surface area contributed by atoms with E-state index in [2.05, 4.69) is 22.0 Å². The van der Waals surface area contributed by atoms with Crippen molar-refractivity contribution in [1.29, 1.82) is 5.26 Å². The van der Waals surface area contributed by atoms with Gasteiger partial charge in [0, 0.05) is 32.1 Å². The van der Waals surface area contributed by atoms with Gasteiger partial charge in [-0.15, -0.1) is 23.1 Å². The maximum atomic E-state index is 13.5. The van der Waals surface area contributed by atoms with Crippen LogP contribution in [0.4, 0.5) is 10.7 Å². The first kappa shape index (κ1) is 33.2. The number of benzene rings is 4. The normalized spacial score (nSPS) is 11.7. The summed E-state index contributed by atoms with van der Waals surface area (Å²) in [6.45, 7) is 3.78. The molecule has 7 nitrogen and oxygen atoms in total. The van der Waals surface area contributed by atoms with E-state index in [1.165, 1.54) is 23.1 Å². The van der Waals surface area contributed by atoms with E-state index in [1.807, 2.05) is 42.6 Å². The summed E-state index contributed by atoms with van der Waals surface area (Å²) in [6.07, 6.45) is 1.55. The fraction of sp³-hybridized carbons (Fsp3) is 0.0811. The number of anilines is 2. The van der Waals surface area contributed by atoms with Gasteiger partial charge < -0.3 is 16.0 Å². The molecule has 0 saturated carbocycles. The smallest absolute Gasteiger partial charge is 0.272 e. The van der Waals surface area contributed by atoms with Crippen LogP contribution in [0.3, 0.4) is 0 Å². The number of carbonyl (C=O) groups is 3. The van der Waals surface area contributed by atoms with E-state index < -0.39 is 17.1 Å². The summed E-state index contributed by atoms with van der Waals surface area (Å²) in [7, 11) is 0. The number of carbonyl (C=O) groups excluding carboxylic acids is 3. The number of aryl methyl sites for hydroxylation is 1. The number of nitrogens with one attached hydrogen (secondary N) is 3. The van der Waals surface area contributed by atoms with Crippen molar-refractivity contribution >= 4 is 69.2 Å². The Bertz CT molecular complexity index is 2000. The van der Waals surface area contributed by atoms with Crippen molar-refractivity contribution < 1.29 is 14.4 Å².